The predicted molar refractivity (Wildman–Crippen MR) is 92.8 cm³/mol. The fraction of sp³-hybridized carbons (Fsp3) is 0.158. The highest BCUT2D eigenvalue weighted by molar-refractivity contribution is 6.21. The van der Waals surface area contributed by atoms with E-state index in [0.717, 1.165) is 11.0 Å². The zero-order valence-electron chi connectivity index (χ0n) is 14.3. The fourth-order valence-corrected chi connectivity index (χ4v) is 2.74. The molecule has 0 aromatic heterocycles. The molecule has 0 saturated carbocycles. The SMILES string of the molecule is COC(=O)c1ccc(NC(=O)CCN2C(=O)c3cccc(F)c3C2=O)cc1. The van der Waals surface area contributed by atoms with Crippen LogP contribution in [-0.2, 0) is 9.53 Å². The van der Waals surface area contributed by atoms with Crippen molar-refractivity contribution in [2.45, 2.75) is 6.42 Å². The van der Waals surface area contributed by atoms with E-state index in [2.05, 4.69) is 10.1 Å². The van der Waals surface area contributed by atoms with Crippen molar-refractivity contribution in [3.8, 4) is 0 Å². The molecule has 0 atom stereocenters. The molecule has 0 fully saturated rings. The molecule has 138 valence electrons. The molecule has 0 saturated heterocycles. The Morgan fingerprint density at radius 2 is 1.78 bits per heavy atom. The van der Waals surface area contributed by atoms with E-state index in [1.165, 1.54) is 43.5 Å². The molecule has 0 radical (unpaired) electrons. The number of fused-ring (bicyclic) bond motifs is 1. The second-order valence-corrected chi connectivity index (χ2v) is 5.79. The fourth-order valence-electron chi connectivity index (χ4n) is 2.74. The maximum atomic E-state index is 13.8. The van der Waals surface area contributed by atoms with Gasteiger partial charge in [-0.1, -0.05) is 6.07 Å². The molecular weight excluding hydrogens is 355 g/mol. The second kappa shape index (κ2) is 7.36. The number of hydrogen-bond acceptors (Lipinski definition) is 5. The lowest BCUT2D eigenvalue weighted by atomic mass is 10.1. The van der Waals surface area contributed by atoms with Crippen LogP contribution in [0.2, 0.25) is 0 Å². The number of ether oxygens (including phenoxy) is 1. The van der Waals surface area contributed by atoms with Crippen molar-refractivity contribution in [2.75, 3.05) is 19.0 Å². The van der Waals surface area contributed by atoms with Crippen molar-refractivity contribution in [1.82, 2.24) is 4.90 Å². The van der Waals surface area contributed by atoms with Crippen molar-refractivity contribution in [3.05, 3.63) is 65.0 Å². The number of benzene rings is 2. The molecular formula is C19H15FN2O5. The number of methoxy groups -OCH3 is 1. The maximum absolute atomic E-state index is 13.8. The lowest BCUT2D eigenvalue weighted by Crippen LogP contribution is -2.33. The smallest absolute Gasteiger partial charge is 0.337 e. The van der Waals surface area contributed by atoms with Gasteiger partial charge >= 0.3 is 5.97 Å². The molecule has 7 nitrogen and oxygen atoms in total. The number of carbonyl (C=O) groups is 4. The number of rotatable bonds is 5. The molecule has 1 aliphatic rings. The van der Waals surface area contributed by atoms with E-state index in [1.54, 1.807) is 0 Å². The van der Waals surface area contributed by atoms with Gasteiger partial charge < -0.3 is 10.1 Å². The number of nitrogens with one attached hydrogen (secondary N) is 1. The third-order valence-electron chi connectivity index (χ3n) is 4.10. The molecule has 0 spiro atoms. The lowest BCUT2D eigenvalue weighted by Gasteiger charge is -2.13. The summed E-state index contributed by atoms with van der Waals surface area (Å²) in [5.74, 6) is -3.06. The van der Waals surface area contributed by atoms with E-state index in [-0.39, 0.29) is 24.1 Å². The Morgan fingerprint density at radius 3 is 2.41 bits per heavy atom. The van der Waals surface area contributed by atoms with Gasteiger partial charge in [-0.05, 0) is 36.4 Å². The number of halogens is 1. The van der Waals surface area contributed by atoms with Crippen LogP contribution in [0.4, 0.5) is 10.1 Å². The number of hydrogen-bond donors (Lipinski definition) is 1. The molecule has 8 heteroatoms. The van der Waals surface area contributed by atoms with Crippen molar-refractivity contribution in [2.24, 2.45) is 0 Å². The number of esters is 1. The van der Waals surface area contributed by atoms with Crippen LogP contribution in [0.5, 0.6) is 0 Å². The number of imide groups is 1. The van der Waals surface area contributed by atoms with Crippen LogP contribution >= 0.6 is 0 Å². The first-order valence-electron chi connectivity index (χ1n) is 8.05. The summed E-state index contributed by atoms with van der Waals surface area (Å²) >= 11 is 0. The molecule has 3 rings (SSSR count). The van der Waals surface area contributed by atoms with Crippen LogP contribution in [0.15, 0.2) is 42.5 Å². The molecule has 1 N–H and O–H groups in total. The topological polar surface area (TPSA) is 92.8 Å². The average molecular weight is 370 g/mol. The van der Waals surface area contributed by atoms with Gasteiger partial charge in [0.25, 0.3) is 11.8 Å². The van der Waals surface area contributed by atoms with E-state index >= 15 is 0 Å². The Kier molecular flexibility index (Phi) is 4.98. The summed E-state index contributed by atoms with van der Waals surface area (Å²) in [6.45, 7) is -0.169. The van der Waals surface area contributed by atoms with Crippen molar-refractivity contribution < 1.29 is 28.3 Å². The molecule has 27 heavy (non-hydrogen) atoms. The summed E-state index contributed by atoms with van der Waals surface area (Å²) < 4.78 is 18.4. The van der Waals surface area contributed by atoms with Gasteiger partial charge in [-0.3, -0.25) is 19.3 Å². The highest BCUT2D eigenvalue weighted by Gasteiger charge is 2.37. The lowest BCUT2D eigenvalue weighted by molar-refractivity contribution is -0.116. The third-order valence-corrected chi connectivity index (χ3v) is 4.10. The Bertz CT molecular complexity index is 940. The molecule has 0 unspecified atom stereocenters. The van der Waals surface area contributed by atoms with Crippen molar-refractivity contribution >= 4 is 29.4 Å². The molecule has 2 aromatic carbocycles. The average Bonchev–Trinajstić information content (AvgIpc) is 2.91. The zero-order chi connectivity index (χ0) is 19.6. The maximum Gasteiger partial charge on any atom is 0.337 e. The third kappa shape index (κ3) is 3.55. The minimum atomic E-state index is -0.761. The molecule has 0 bridgehead atoms. The summed E-state index contributed by atoms with van der Waals surface area (Å²) in [5.41, 5.74) is 0.518. The monoisotopic (exact) mass is 370 g/mol. The zero-order valence-corrected chi connectivity index (χ0v) is 14.3. The second-order valence-electron chi connectivity index (χ2n) is 5.79. The number of nitrogens with zero attached hydrogens (tertiary/aromatic N) is 1. The summed E-state index contributed by atoms with van der Waals surface area (Å²) in [7, 11) is 1.27. The Morgan fingerprint density at radius 1 is 1.07 bits per heavy atom. The van der Waals surface area contributed by atoms with E-state index in [0.29, 0.717) is 11.3 Å². The van der Waals surface area contributed by atoms with Crippen LogP contribution in [0, 0.1) is 5.82 Å². The Hall–Kier alpha value is -3.55. The van der Waals surface area contributed by atoms with Gasteiger partial charge in [0.2, 0.25) is 5.91 Å². The van der Waals surface area contributed by atoms with E-state index in [1.807, 2.05) is 0 Å². The summed E-state index contributed by atoms with van der Waals surface area (Å²) in [6, 6.07) is 9.89. The minimum Gasteiger partial charge on any atom is -0.465 e. The van der Waals surface area contributed by atoms with Crippen LogP contribution in [0.3, 0.4) is 0 Å². The summed E-state index contributed by atoms with van der Waals surface area (Å²) in [6.07, 6.45) is -0.147. The van der Waals surface area contributed by atoms with Gasteiger partial charge in [-0.15, -0.1) is 0 Å². The Balaban J connectivity index is 1.60. The van der Waals surface area contributed by atoms with Gasteiger partial charge in [-0.2, -0.15) is 0 Å². The largest absolute Gasteiger partial charge is 0.465 e. The summed E-state index contributed by atoms with van der Waals surface area (Å²) in [5, 5.41) is 2.60. The number of carbonyl (C=O) groups excluding carboxylic acids is 4. The van der Waals surface area contributed by atoms with E-state index in [4.69, 9.17) is 0 Å². The highest BCUT2D eigenvalue weighted by Crippen LogP contribution is 2.25. The number of anilines is 1. The van der Waals surface area contributed by atoms with E-state index < -0.39 is 29.5 Å². The number of amides is 3. The molecule has 3 amide bonds. The predicted octanol–water partition coefficient (Wildman–Crippen LogP) is 2.24. The minimum absolute atomic E-state index is 0.00110. The molecule has 0 aliphatic carbocycles. The first kappa shape index (κ1) is 18.2. The van der Waals surface area contributed by atoms with Crippen LogP contribution in [-0.4, -0.2) is 42.2 Å². The first-order valence-corrected chi connectivity index (χ1v) is 8.05. The van der Waals surface area contributed by atoms with Gasteiger partial charge in [0.15, 0.2) is 0 Å². The van der Waals surface area contributed by atoms with Crippen molar-refractivity contribution in [3.63, 3.8) is 0 Å². The van der Waals surface area contributed by atoms with Crippen molar-refractivity contribution in [1.29, 1.82) is 0 Å². The summed E-state index contributed by atoms with van der Waals surface area (Å²) in [4.78, 5) is 48.7. The van der Waals surface area contributed by atoms with Gasteiger partial charge in [0.05, 0.1) is 23.8 Å². The van der Waals surface area contributed by atoms with Gasteiger partial charge in [0, 0.05) is 18.7 Å². The van der Waals surface area contributed by atoms with E-state index in [9.17, 15) is 23.6 Å². The van der Waals surface area contributed by atoms with Crippen LogP contribution in [0.25, 0.3) is 0 Å². The van der Waals surface area contributed by atoms with Gasteiger partial charge in [-0.25, -0.2) is 9.18 Å². The van der Waals surface area contributed by atoms with Crippen LogP contribution in [0.1, 0.15) is 37.5 Å². The first-order chi connectivity index (χ1) is 12.9. The quantitative estimate of drug-likeness (QED) is 0.644. The van der Waals surface area contributed by atoms with Crippen LogP contribution < -0.4 is 5.32 Å². The molecule has 2 aromatic rings. The van der Waals surface area contributed by atoms with Gasteiger partial charge in [0.1, 0.15) is 5.82 Å². The molecule has 1 heterocycles. The highest BCUT2D eigenvalue weighted by atomic mass is 19.1. The normalized spacial score (nSPS) is 12.7. The Labute approximate surface area is 153 Å². The standard InChI is InChI=1S/C19H15FN2O5/c1-27-19(26)11-5-7-12(8-6-11)21-15(23)9-10-22-17(24)13-3-2-4-14(20)16(13)18(22)25/h2-8H,9-10H2,1H3,(H,21,23). The molecule has 1 aliphatic heterocycles.